The molecule has 1 heterocycles. The Labute approximate surface area is 163 Å². The second-order valence-corrected chi connectivity index (χ2v) is 6.92. The summed E-state index contributed by atoms with van der Waals surface area (Å²) in [4.78, 5) is 4.07. The SMILES string of the molecule is OC(CCc1cccnc1)COc1ccc(-c2cc(Cl)cc(Cl)c2)cc1. The van der Waals surface area contributed by atoms with Gasteiger partial charge in [-0.15, -0.1) is 0 Å². The summed E-state index contributed by atoms with van der Waals surface area (Å²) in [6.07, 6.45) is 4.43. The van der Waals surface area contributed by atoms with E-state index in [4.69, 9.17) is 27.9 Å². The average Bonchev–Trinajstić information content (AvgIpc) is 2.65. The van der Waals surface area contributed by atoms with Gasteiger partial charge >= 0.3 is 0 Å². The van der Waals surface area contributed by atoms with E-state index in [9.17, 15) is 5.11 Å². The lowest BCUT2D eigenvalue weighted by atomic mass is 10.1. The van der Waals surface area contributed by atoms with Gasteiger partial charge in [0.05, 0.1) is 6.10 Å². The molecule has 1 atom stereocenters. The highest BCUT2D eigenvalue weighted by Gasteiger charge is 2.07. The van der Waals surface area contributed by atoms with Gasteiger partial charge in [-0.2, -0.15) is 0 Å². The number of rotatable bonds is 7. The Morgan fingerprint density at radius 1 is 0.962 bits per heavy atom. The van der Waals surface area contributed by atoms with Crippen LogP contribution in [0.5, 0.6) is 5.75 Å². The molecule has 0 bridgehead atoms. The minimum Gasteiger partial charge on any atom is -0.491 e. The molecule has 26 heavy (non-hydrogen) atoms. The van der Waals surface area contributed by atoms with Crippen LogP contribution in [0.25, 0.3) is 11.1 Å². The number of hydrogen-bond donors (Lipinski definition) is 1. The number of aryl methyl sites for hydroxylation is 1. The molecule has 0 aliphatic heterocycles. The first-order chi connectivity index (χ1) is 12.6. The predicted octanol–water partition coefficient (Wildman–Crippen LogP) is 5.43. The molecule has 0 amide bonds. The second kappa shape index (κ2) is 9.04. The van der Waals surface area contributed by atoms with Gasteiger partial charge in [-0.05, 0) is 65.9 Å². The Kier molecular flexibility index (Phi) is 6.51. The molecule has 3 nitrogen and oxygen atoms in total. The topological polar surface area (TPSA) is 42.4 Å². The first-order valence-corrected chi connectivity index (χ1v) is 9.12. The molecule has 3 rings (SSSR count). The van der Waals surface area contributed by atoms with Crippen LogP contribution in [0.3, 0.4) is 0 Å². The summed E-state index contributed by atoms with van der Waals surface area (Å²) < 4.78 is 5.68. The highest BCUT2D eigenvalue weighted by molar-refractivity contribution is 6.35. The number of pyridine rings is 1. The molecular weight excluding hydrogens is 369 g/mol. The average molecular weight is 388 g/mol. The number of aliphatic hydroxyl groups excluding tert-OH is 1. The molecule has 3 aromatic rings. The minimum absolute atomic E-state index is 0.253. The molecule has 0 aliphatic rings. The van der Waals surface area contributed by atoms with Gasteiger partial charge in [0.1, 0.15) is 12.4 Å². The molecule has 0 saturated heterocycles. The van der Waals surface area contributed by atoms with Crippen LogP contribution in [0.15, 0.2) is 67.0 Å². The Hall–Kier alpha value is -2.07. The third kappa shape index (κ3) is 5.46. The maximum Gasteiger partial charge on any atom is 0.119 e. The van der Waals surface area contributed by atoms with E-state index in [0.29, 0.717) is 22.2 Å². The Balaban J connectivity index is 1.52. The quantitative estimate of drug-likeness (QED) is 0.587. The van der Waals surface area contributed by atoms with E-state index in [1.54, 1.807) is 12.3 Å². The van der Waals surface area contributed by atoms with Gasteiger partial charge < -0.3 is 9.84 Å². The molecule has 0 saturated carbocycles. The summed E-state index contributed by atoms with van der Waals surface area (Å²) in [7, 11) is 0. The molecule has 0 aliphatic carbocycles. The lowest BCUT2D eigenvalue weighted by Gasteiger charge is -2.13. The molecule has 5 heteroatoms. The highest BCUT2D eigenvalue weighted by Crippen LogP contribution is 2.28. The third-order valence-electron chi connectivity index (χ3n) is 3.98. The van der Waals surface area contributed by atoms with Crippen molar-refractivity contribution in [3.05, 3.63) is 82.6 Å². The fourth-order valence-electron chi connectivity index (χ4n) is 2.62. The monoisotopic (exact) mass is 387 g/mol. The van der Waals surface area contributed by atoms with Crippen LogP contribution in [-0.4, -0.2) is 22.8 Å². The maximum absolute atomic E-state index is 10.1. The van der Waals surface area contributed by atoms with Crippen molar-refractivity contribution in [3.63, 3.8) is 0 Å². The zero-order valence-electron chi connectivity index (χ0n) is 14.1. The van der Waals surface area contributed by atoms with E-state index in [1.807, 2.05) is 54.7 Å². The summed E-state index contributed by atoms with van der Waals surface area (Å²) in [5.74, 6) is 0.710. The Bertz CT molecular complexity index is 818. The van der Waals surface area contributed by atoms with Crippen LogP contribution in [0.4, 0.5) is 0 Å². The predicted molar refractivity (Wildman–Crippen MR) is 106 cm³/mol. The van der Waals surface area contributed by atoms with Gasteiger partial charge in [-0.1, -0.05) is 41.4 Å². The number of nitrogens with zero attached hydrogens (tertiary/aromatic N) is 1. The van der Waals surface area contributed by atoms with Crippen molar-refractivity contribution >= 4 is 23.2 Å². The van der Waals surface area contributed by atoms with Gasteiger partial charge in [0.2, 0.25) is 0 Å². The van der Waals surface area contributed by atoms with Crippen LogP contribution in [-0.2, 0) is 6.42 Å². The van der Waals surface area contributed by atoms with Crippen molar-refractivity contribution < 1.29 is 9.84 Å². The lowest BCUT2D eigenvalue weighted by Crippen LogP contribution is -2.18. The summed E-state index contributed by atoms with van der Waals surface area (Å²) >= 11 is 12.1. The number of hydrogen-bond acceptors (Lipinski definition) is 3. The molecule has 1 unspecified atom stereocenters. The van der Waals surface area contributed by atoms with Crippen LogP contribution in [0.1, 0.15) is 12.0 Å². The molecular formula is C21H19Cl2NO2. The normalized spacial score (nSPS) is 12.0. The molecule has 0 spiro atoms. The molecule has 134 valence electrons. The van der Waals surface area contributed by atoms with Gasteiger partial charge in [-0.25, -0.2) is 0 Å². The van der Waals surface area contributed by atoms with Crippen molar-refractivity contribution in [2.24, 2.45) is 0 Å². The fraction of sp³-hybridized carbons (Fsp3) is 0.190. The van der Waals surface area contributed by atoms with E-state index in [-0.39, 0.29) is 6.61 Å². The third-order valence-corrected chi connectivity index (χ3v) is 4.42. The fourth-order valence-corrected chi connectivity index (χ4v) is 3.15. The van der Waals surface area contributed by atoms with Gasteiger partial charge in [0, 0.05) is 22.4 Å². The van der Waals surface area contributed by atoms with Crippen molar-refractivity contribution in [1.82, 2.24) is 4.98 Å². The number of benzene rings is 2. The van der Waals surface area contributed by atoms with E-state index in [1.165, 1.54) is 0 Å². The lowest BCUT2D eigenvalue weighted by molar-refractivity contribution is 0.100. The van der Waals surface area contributed by atoms with Crippen LogP contribution >= 0.6 is 23.2 Å². The van der Waals surface area contributed by atoms with Gasteiger partial charge in [-0.3, -0.25) is 4.98 Å². The summed E-state index contributed by atoms with van der Waals surface area (Å²) in [6, 6.07) is 17.0. The van der Waals surface area contributed by atoms with Crippen molar-refractivity contribution in [2.45, 2.75) is 18.9 Å². The van der Waals surface area contributed by atoms with Crippen LogP contribution in [0, 0.1) is 0 Å². The van der Waals surface area contributed by atoms with Crippen LogP contribution < -0.4 is 4.74 Å². The Morgan fingerprint density at radius 2 is 1.69 bits per heavy atom. The smallest absolute Gasteiger partial charge is 0.119 e. The molecule has 1 aromatic heterocycles. The second-order valence-electron chi connectivity index (χ2n) is 6.05. The molecule has 0 fully saturated rings. The zero-order chi connectivity index (χ0) is 18.4. The van der Waals surface area contributed by atoms with Crippen LogP contribution in [0.2, 0.25) is 10.0 Å². The molecule has 0 radical (unpaired) electrons. The number of halogens is 2. The summed E-state index contributed by atoms with van der Waals surface area (Å²) in [6.45, 7) is 0.253. The highest BCUT2D eigenvalue weighted by atomic mass is 35.5. The first-order valence-electron chi connectivity index (χ1n) is 8.36. The van der Waals surface area contributed by atoms with E-state index < -0.39 is 6.10 Å². The summed E-state index contributed by atoms with van der Waals surface area (Å²) in [5.41, 5.74) is 3.06. The van der Waals surface area contributed by atoms with E-state index >= 15 is 0 Å². The largest absolute Gasteiger partial charge is 0.491 e. The molecule has 1 N–H and O–H groups in total. The minimum atomic E-state index is -0.526. The Morgan fingerprint density at radius 3 is 2.35 bits per heavy atom. The number of aromatic nitrogens is 1. The zero-order valence-corrected chi connectivity index (χ0v) is 15.6. The van der Waals surface area contributed by atoms with Crippen molar-refractivity contribution in [3.8, 4) is 16.9 Å². The van der Waals surface area contributed by atoms with Crippen molar-refractivity contribution in [1.29, 1.82) is 0 Å². The van der Waals surface area contributed by atoms with Gasteiger partial charge in [0.25, 0.3) is 0 Å². The standard InChI is InChI=1S/C21H19Cl2NO2/c22-18-10-17(11-19(23)12-18)16-4-7-21(8-5-16)26-14-20(25)6-3-15-2-1-9-24-13-15/h1-2,4-5,7-13,20,25H,3,6,14H2. The van der Waals surface area contributed by atoms with E-state index in [2.05, 4.69) is 4.98 Å². The first kappa shape index (κ1) is 18.7. The molecule has 2 aromatic carbocycles. The van der Waals surface area contributed by atoms with Crippen molar-refractivity contribution in [2.75, 3.05) is 6.61 Å². The number of aliphatic hydroxyl groups is 1. The maximum atomic E-state index is 10.1. The van der Waals surface area contributed by atoms with Gasteiger partial charge in [0.15, 0.2) is 0 Å². The summed E-state index contributed by atoms with van der Waals surface area (Å²) in [5, 5.41) is 11.3. The number of ether oxygens (including phenoxy) is 1. The van der Waals surface area contributed by atoms with E-state index in [0.717, 1.165) is 23.1 Å².